The summed E-state index contributed by atoms with van der Waals surface area (Å²) < 4.78 is 19.5. The second-order valence-electron chi connectivity index (χ2n) is 4.75. The molecule has 24 heavy (non-hydrogen) atoms. The van der Waals surface area contributed by atoms with Gasteiger partial charge in [0.2, 0.25) is 0 Å². The Hall–Kier alpha value is -2.87. The van der Waals surface area contributed by atoms with Crippen molar-refractivity contribution >= 4 is 23.6 Å². The number of benzene rings is 1. The maximum absolute atomic E-state index is 12.1. The molecule has 8 heteroatoms. The monoisotopic (exact) mass is 335 g/mol. The third-order valence-electron chi connectivity index (χ3n) is 3.43. The van der Waals surface area contributed by atoms with Gasteiger partial charge in [-0.25, -0.2) is 14.4 Å². The number of nitrogens with zero attached hydrogens (tertiary/aromatic N) is 1. The van der Waals surface area contributed by atoms with Crippen molar-refractivity contribution in [3.8, 4) is 0 Å². The average Bonchev–Trinajstić information content (AvgIpc) is 2.65. The molecule has 0 bridgehead atoms. The minimum Gasteiger partial charge on any atom is -0.466 e. The van der Waals surface area contributed by atoms with E-state index in [1.807, 2.05) is 0 Å². The first kappa shape index (κ1) is 17.5. The van der Waals surface area contributed by atoms with Crippen molar-refractivity contribution in [2.24, 2.45) is 0 Å². The molecule has 0 aromatic heterocycles. The highest BCUT2D eigenvalue weighted by atomic mass is 16.5. The molecule has 2 rings (SSSR count). The predicted molar refractivity (Wildman–Crippen MR) is 82.1 cm³/mol. The molecule has 1 heterocycles. The summed E-state index contributed by atoms with van der Waals surface area (Å²) in [6.07, 6.45) is 0. The maximum Gasteiger partial charge on any atom is 0.355 e. The molecule has 8 nitrogen and oxygen atoms in total. The average molecular weight is 335 g/mol. The maximum atomic E-state index is 12.1. The van der Waals surface area contributed by atoms with Gasteiger partial charge < -0.3 is 23.8 Å². The fraction of sp³-hybridized carbons (Fsp3) is 0.312. The first-order valence-electron chi connectivity index (χ1n) is 6.97. The van der Waals surface area contributed by atoms with Gasteiger partial charge in [-0.3, -0.25) is 0 Å². The lowest BCUT2D eigenvalue weighted by Crippen LogP contribution is -2.38. The Bertz CT molecular complexity index is 678. The summed E-state index contributed by atoms with van der Waals surface area (Å²) in [7, 11) is 3.72. The van der Waals surface area contributed by atoms with Crippen molar-refractivity contribution in [3.63, 3.8) is 0 Å². The van der Waals surface area contributed by atoms with Crippen molar-refractivity contribution in [2.45, 2.75) is 0 Å². The number of esters is 3. The third-order valence-corrected chi connectivity index (χ3v) is 3.43. The van der Waals surface area contributed by atoms with Crippen molar-refractivity contribution in [1.29, 1.82) is 0 Å². The molecule has 0 saturated heterocycles. The highest BCUT2D eigenvalue weighted by Gasteiger charge is 2.32. The molecule has 0 radical (unpaired) electrons. The van der Waals surface area contributed by atoms with Gasteiger partial charge in [0.1, 0.15) is 12.4 Å². The predicted octanol–water partition coefficient (Wildman–Crippen LogP) is 0.867. The largest absolute Gasteiger partial charge is 0.466 e. The van der Waals surface area contributed by atoms with Crippen LogP contribution in [0.2, 0.25) is 0 Å². The smallest absolute Gasteiger partial charge is 0.355 e. The summed E-state index contributed by atoms with van der Waals surface area (Å²) in [4.78, 5) is 37.0. The number of carbonyl (C=O) groups is 3. The molecule has 0 atom stereocenters. The van der Waals surface area contributed by atoms with Gasteiger partial charge in [0, 0.05) is 5.69 Å². The minimum atomic E-state index is -0.684. The topological polar surface area (TPSA) is 91.4 Å². The quantitative estimate of drug-likeness (QED) is 0.591. The Balaban J connectivity index is 2.44. The molecule has 0 unspecified atom stereocenters. The second kappa shape index (κ2) is 7.60. The number of hydrogen-bond donors (Lipinski definition) is 0. The lowest BCUT2D eigenvalue weighted by molar-refractivity contribution is -0.140. The lowest BCUT2D eigenvalue weighted by Gasteiger charge is -2.31. The van der Waals surface area contributed by atoms with E-state index in [-0.39, 0.29) is 24.6 Å². The molecular weight excluding hydrogens is 318 g/mol. The van der Waals surface area contributed by atoms with Crippen LogP contribution < -0.4 is 4.90 Å². The van der Waals surface area contributed by atoms with Crippen molar-refractivity contribution in [1.82, 2.24) is 0 Å². The normalized spacial score (nSPS) is 14.2. The van der Waals surface area contributed by atoms with Gasteiger partial charge in [0.05, 0.1) is 39.1 Å². The van der Waals surface area contributed by atoms with Gasteiger partial charge in [0.25, 0.3) is 0 Å². The SMILES string of the molecule is COC(=O)C1=C(C(=O)OC)N(c2ccc(C(=O)OC)cc2)COC1. The van der Waals surface area contributed by atoms with Crippen LogP contribution in [0.15, 0.2) is 35.5 Å². The van der Waals surface area contributed by atoms with E-state index in [1.165, 1.54) is 26.2 Å². The number of ether oxygens (including phenoxy) is 4. The molecular formula is C16H17NO7. The molecule has 1 aliphatic rings. The van der Waals surface area contributed by atoms with Crippen molar-refractivity contribution in [3.05, 3.63) is 41.1 Å². The van der Waals surface area contributed by atoms with Gasteiger partial charge in [0.15, 0.2) is 0 Å². The van der Waals surface area contributed by atoms with E-state index in [4.69, 9.17) is 14.2 Å². The summed E-state index contributed by atoms with van der Waals surface area (Å²) >= 11 is 0. The molecule has 0 spiro atoms. The standard InChI is InChI=1S/C16H17NO7/c1-21-14(18)10-4-6-11(7-5-10)17-9-24-8-12(15(19)22-2)13(17)16(20)23-3/h4-7H,8-9H2,1-3H3. The molecule has 1 aliphatic heterocycles. The van der Waals surface area contributed by atoms with Crippen LogP contribution in [0.25, 0.3) is 0 Å². The van der Waals surface area contributed by atoms with Crippen LogP contribution in [-0.4, -0.2) is 52.6 Å². The van der Waals surface area contributed by atoms with E-state index in [2.05, 4.69) is 4.74 Å². The summed E-state index contributed by atoms with van der Waals surface area (Å²) in [6.45, 7) is -0.0175. The van der Waals surface area contributed by atoms with Gasteiger partial charge in [-0.15, -0.1) is 0 Å². The Kier molecular flexibility index (Phi) is 5.54. The zero-order valence-electron chi connectivity index (χ0n) is 13.5. The van der Waals surface area contributed by atoms with Gasteiger partial charge in [-0.2, -0.15) is 0 Å². The Morgan fingerprint density at radius 3 is 2.04 bits per heavy atom. The van der Waals surface area contributed by atoms with E-state index in [9.17, 15) is 14.4 Å². The van der Waals surface area contributed by atoms with Crippen LogP contribution in [0, 0.1) is 0 Å². The van der Waals surface area contributed by atoms with E-state index in [1.54, 1.807) is 24.3 Å². The second-order valence-corrected chi connectivity index (χ2v) is 4.75. The molecule has 128 valence electrons. The zero-order valence-corrected chi connectivity index (χ0v) is 13.5. The van der Waals surface area contributed by atoms with Gasteiger partial charge >= 0.3 is 17.9 Å². The molecule has 0 aliphatic carbocycles. The van der Waals surface area contributed by atoms with E-state index in [0.717, 1.165) is 0 Å². The van der Waals surface area contributed by atoms with Crippen molar-refractivity contribution < 1.29 is 33.3 Å². The fourth-order valence-corrected chi connectivity index (χ4v) is 2.24. The van der Waals surface area contributed by atoms with Crippen molar-refractivity contribution in [2.75, 3.05) is 39.6 Å². The number of carbonyl (C=O) groups excluding carboxylic acids is 3. The lowest BCUT2D eigenvalue weighted by atomic mass is 10.1. The Morgan fingerprint density at radius 2 is 1.50 bits per heavy atom. The van der Waals surface area contributed by atoms with Gasteiger partial charge in [-0.05, 0) is 24.3 Å². The highest BCUT2D eigenvalue weighted by molar-refractivity contribution is 6.03. The zero-order chi connectivity index (χ0) is 17.7. The Morgan fingerprint density at radius 1 is 0.917 bits per heavy atom. The molecule has 0 N–H and O–H groups in total. The summed E-state index contributed by atoms with van der Waals surface area (Å²) in [5.74, 6) is -1.84. The molecule has 0 amide bonds. The molecule has 0 fully saturated rings. The minimum absolute atomic E-state index is 0.0430. The Labute approximate surface area is 138 Å². The fourth-order valence-electron chi connectivity index (χ4n) is 2.24. The summed E-state index contributed by atoms with van der Waals surface area (Å²) in [5, 5.41) is 0. The van der Waals surface area contributed by atoms with Crippen LogP contribution in [-0.2, 0) is 28.5 Å². The third kappa shape index (κ3) is 3.38. The van der Waals surface area contributed by atoms with Crippen LogP contribution in [0.5, 0.6) is 0 Å². The first-order chi connectivity index (χ1) is 11.5. The van der Waals surface area contributed by atoms with Crippen LogP contribution >= 0.6 is 0 Å². The first-order valence-corrected chi connectivity index (χ1v) is 6.97. The van der Waals surface area contributed by atoms with Crippen LogP contribution in [0.3, 0.4) is 0 Å². The number of methoxy groups -OCH3 is 3. The van der Waals surface area contributed by atoms with E-state index < -0.39 is 17.9 Å². The number of hydrogen-bond acceptors (Lipinski definition) is 8. The number of anilines is 1. The summed E-state index contributed by atoms with van der Waals surface area (Å²) in [5.41, 5.74) is 1.01. The van der Waals surface area contributed by atoms with E-state index >= 15 is 0 Å². The van der Waals surface area contributed by atoms with E-state index in [0.29, 0.717) is 11.3 Å². The van der Waals surface area contributed by atoms with Gasteiger partial charge in [-0.1, -0.05) is 0 Å². The van der Waals surface area contributed by atoms with Crippen LogP contribution in [0.4, 0.5) is 5.69 Å². The van der Waals surface area contributed by atoms with Crippen LogP contribution in [0.1, 0.15) is 10.4 Å². The highest BCUT2D eigenvalue weighted by Crippen LogP contribution is 2.27. The molecule has 0 saturated carbocycles. The number of rotatable bonds is 4. The molecule has 1 aromatic rings. The molecule has 1 aromatic carbocycles. The summed E-state index contributed by atoms with van der Waals surface area (Å²) in [6, 6.07) is 6.31.